The molecule has 1 aromatic rings. The van der Waals surface area contributed by atoms with Crippen LogP contribution in [0.2, 0.25) is 0 Å². The van der Waals surface area contributed by atoms with E-state index in [0.29, 0.717) is 10.0 Å². The Morgan fingerprint density at radius 3 is 2.30 bits per heavy atom. The van der Waals surface area contributed by atoms with Crippen LogP contribution in [0, 0.1) is 0 Å². The molecule has 0 saturated carbocycles. The minimum absolute atomic E-state index is 0.144. The van der Waals surface area contributed by atoms with Crippen LogP contribution in [-0.2, 0) is 26.9 Å². The van der Waals surface area contributed by atoms with Crippen LogP contribution in [0.5, 0.6) is 0 Å². The molecule has 0 aliphatic heterocycles. The molecule has 0 bridgehead atoms. The maximum atomic E-state index is 12.5. The summed E-state index contributed by atoms with van der Waals surface area (Å²) in [6.45, 7) is 3.59. The predicted molar refractivity (Wildman–Crippen MR) is 81.8 cm³/mol. The molecule has 4 nitrogen and oxygen atoms in total. The van der Waals surface area contributed by atoms with E-state index in [1.165, 1.54) is 19.2 Å². The number of benzene rings is 1. The summed E-state index contributed by atoms with van der Waals surface area (Å²) in [5, 5.41) is 2.47. The minimum atomic E-state index is -4.42. The van der Waals surface area contributed by atoms with Gasteiger partial charge in [-0.3, -0.25) is 4.79 Å². The van der Waals surface area contributed by atoms with Crippen LogP contribution in [0.4, 0.5) is 13.2 Å². The molecule has 8 heteroatoms. The van der Waals surface area contributed by atoms with Crippen molar-refractivity contribution in [1.29, 1.82) is 0 Å². The Balaban J connectivity index is 2.70. The Bertz CT molecular complexity index is 585. The summed E-state index contributed by atoms with van der Waals surface area (Å²) >= 11 is 3.10. The summed E-state index contributed by atoms with van der Waals surface area (Å²) in [5.74, 6) is -1.14. The summed E-state index contributed by atoms with van der Waals surface area (Å²) in [7, 11) is 1.19. The molecule has 0 radical (unpaired) electrons. The fourth-order valence-corrected chi connectivity index (χ4v) is 2.12. The summed E-state index contributed by atoms with van der Waals surface area (Å²) < 4.78 is 42.5. The van der Waals surface area contributed by atoms with Crippen LogP contribution < -0.4 is 5.32 Å². The maximum absolute atomic E-state index is 12.5. The second kappa shape index (κ2) is 8.14. The molecule has 0 saturated heterocycles. The molecule has 1 atom stereocenters. The molecule has 23 heavy (non-hydrogen) atoms. The lowest BCUT2D eigenvalue weighted by atomic mass is 10.1. The van der Waals surface area contributed by atoms with E-state index in [0.717, 1.165) is 12.1 Å². The molecule has 1 amide bonds. The zero-order chi connectivity index (χ0) is 17.6. The van der Waals surface area contributed by atoms with E-state index in [1.54, 1.807) is 0 Å². The van der Waals surface area contributed by atoms with Gasteiger partial charge in [-0.15, -0.1) is 0 Å². The highest BCUT2D eigenvalue weighted by Gasteiger charge is 2.30. The molecule has 1 rings (SSSR count). The Kier molecular flexibility index (Phi) is 6.80. The molecule has 126 valence electrons. The van der Waals surface area contributed by atoms with Gasteiger partial charge in [0.25, 0.3) is 0 Å². The Labute approximate surface area is 139 Å². The monoisotopic (exact) mass is 393 g/mol. The minimum Gasteiger partial charge on any atom is -0.467 e. The van der Waals surface area contributed by atoms with Crippen LogP contribution in [0.1, 0.15) is 17.5 Å². The molecular weight excluding hydrogens is 379 g/mol. The molecule has 0 aromatic heterocycles. The third-order valence-corrected chi connectivity index (χ3v) is 3.22. The van der Waals surface area contributed by atoms with E-state index in [9.17, 15) is 22.8 Å². The van der Waals surface area contributed by atoms with Crippen molar-refractivity contribution in [2.75, 3.05) is 7.11 Å². The Morgan fingerprint density at radius 1 is 1.30 bits per heavy atom. The van der Waals surface area contributed by atoms with Crippen molar-refractivity contribution in [2.24, 2.45) is 0 Å². The van der Waals surface area contributed by atoms with Crippen molar-refractivity contribution in [2.45, 2.75) is 25.1 Å². The molecule has 0 heterocycles. The van der Waals surface area contributed by atoms with Gasteiger partial charge in [0, 0.05) is 6.42 Å². The number of methoxy groups -OCH3 is 1. The lowest BCUT2D eigenvalue weighted by molar-refractivity contribution is -0.145. The van der Waals surface area contributed by atoms with E-state index in [2.05, 4.69) is 32.6 Å². The van der Waals surface area contributed by atoms with E-state index >= 15 is 0 Å². The molecular formula is C15H15BrF3NO3. The number of nitrogens with one attached hydrogen (secondary N) is 1. The third kappa shape index (κ3) is 6.43. The Morgan fingerprint density at radius 2 is 1.87 bits per heavy atom. The number of carbonyl (C=O) groups is 2. The summed E-state index contributed by atoms with van der Waals surface area (Å²) in [6.07, 6.45) is -4.43. The van der Waals surface area contributed by atoms with Crippen LogP contribution in [-0.4, -0.2) is 25.0 Å². The second-order valence-corrected chi connectivity index (χ2v) is 5.86. The van der Waals surface area contributed by atoms with Gasteiger partial charge in [-0.1, -0.05) is 34.6 Å². The maximum Gasteiger partial charge on any atom is 0.416 e. The summed E-state index contributed by atoms with van der Waals surface area (Å²) in [6, 6.07) is 3.34. The topological polar surface area (TPSA) is 55.4 Å². The van der Waals surface area contributed by atoms with Gasteiger partial charge in [0.2, 0.25) is 5.91 Å². The van der Waals surface area contributed by atoms with Crippen LogP contribution in [0.3, 0.4) is 0 Å². The number of rotatable bonds is 6. The molecule has 1 aromatic carbocycles. The van der Waals surface area contributed by atoms with Crippen molar-refractivity contribution < 1.29 is 27.5 Å². The third-order valence-electron chi connectivity index (χ3n) is 2.89. The van der Waals surface area contributed by atoms with Gasteiger partial charge in [-0.2, -0.15) is 13.2 Å². The first-order chi connectivity index (χ1) is 10.6. The molecule has 0 spiro atoms. The first-order valence-corrected chi connectivity index (χ1v) is 7.29. The number of hydrogen-bond acceptors (Lipinski definition) is 3. The highest BCUT2D eigenvalue weighted by Crippen LogP contribution is 2.29. The van der Waals surface area contributed by atoms with Gasteiger partial charge in [0.15, 0.2) is 0 Å². The first kappa shape index (κ1) is 19.2. The van der Waals surface area contributed by atoms with Gasteiger partial charge in [-0.05, 0) is 22.2 Å². The lowest BCUT2D eigenvalue weighted by Gasteiger charge is -2.16. The fraction of sp³-hybridized carbons (Fsp3) is 0.333. The van der Waals surface area contributed by atoms with Gasteiger partial charge >= 0.3 is 12.1 Å². The van der Waals surface area contributed by atoms with Crippen molar-refractivity contribution >= 4 is 27.8 Å². The Hall–Kier alpha value is -1.83. The highest BCUT2D eigenvalue weighted by atomic mass is 79.9. The van der Waals surface area contributed by atoms with E-state index in [4.69, 9.17) is 0 Å². The van der Waals surface area contributed by atoms with Crippen molar-refractivity contribution in [1.82, 2.24) is 5.32 Å². The van der Waals surface area contributed by atoms with E-state index in [1.807, 2.05) is 0 Å². The van der Waals surface area contributed by atoms with Crippen LogP contribution >= 0.6 is 15.9 Å². The lowest BCUT2D eigenvalue weighted by Crippen LogP contribution is -2.42. The number of carbonyl (C=O) groups excluding carboxylic acids is 2. The van der Waals surface area contributed by atoms with Crippen LogP contribution in [0.25, 0.3) is 0 Å². The number of hydrogen-bond donors (Lipinski definition) is 1. The SMILES string of the molecule is C=C(Br)C[C@@H](NC(=O)Cc1ccc(C(F)(F)F)cc1)C(=O)OC. The molecule has 0 aliphatic carbocycles. The first-order valence-electron chi connectivity index (χ1n) is 6.50. The van der Waals surface area contributed by atoms with Crippen molar-refractivity contribution in [3.63, 3.8) is 0 Å². The molecule has 1 N–H and O–H groups in total. The predicted octanol–water partition coefficient (Wildman–Crippen LogP) is 3.20. The average molecular weight is 394 g/mol. The molecule has 0 aliphatic rings. The second-order valence-electron chi connectivity index (χ2n) is 4.74. The molecule has 0 fully saturated rings. The number of amides is 1. The van der Waals surface area contributed by atoms with Crippen molar-refractivity contribution in [3.05, 3.63) is 46.5 Å². The van der Waals surface area contributed by atoms with Gasteiger partial charge in [-0.25, -0.2) is 4.79 Å². The number of halogens is 4. The summed E-state index contributed by atoms with van der Waals surface area (Å²) in [4.78, 5) is 23.5. The van der Waals surface area contributed by atoms with E-state index in [-0.39, 0.29) is 12.8 Å². The van der Waals surface area contributed by atoms with Gasteiger partial charge < -0.3 is 10.1 Å². The van der Waals surface area contributed by atoms with Gasteiger partial charge in [0.1, 0.15) is 6.04 Å². The van der Waals surface area contributed by atoms with E-state index < -0.39 is 29.7 Å². The normalized spacial score (nSPS) is 12.4. The zero-order valence-electron chi connectivity index (χ0n) is 12.2. The average Bonchev–Trinajstić information content (AvgIpc) is 2.44. The van der Waals surface area contributed by atoms with Crippen LogP contribution in [0.15, 0.2) is 35.3 Å². The summed E-state index contributed by atoms with van der Waals surface area (Å²) in [5.41, 5.74) is -0.388. The van der Waals surface area contributed by atoms with Crippen molar-refractivity contribution in [3.8, 4) is 0 Å². The van der Waals surface area contributed by atoms with Gasteiger partial charge in [0.05, 0.1) is 19.1 Å². The zero-order valence-corrected chi connectivity index (χ0v) is 13.8. The number of ether oxygens (including phenoxy) is 1. The smallest absolute Gasteiger partial charge is 0.416 e. The largest absolute Gasteiger partial charge is 0.467 e. The standard InChI is InChI=1S/C15H15BrF3NO3/c1-9(16)7-12(14(22)23-2)20-13(21)8-10-3-5-11(6-4-10)15(17,18)19/h3-6,12H,1,7-8H2,2H3,(H,20,21)/t12-/m1/s1. The number of alkyl halides is 3. The number of esters is 1. The highest BCUT2D eigenvalue weighted by molar-refractivity contribution is 9.11. The quantitative estimate of drug-likeness (QED) is 0.755. The fourth-order valence-electron chi connectivity index (χ4n) is 1.80. The molecule has 0 unspecified atom stereocenters.